The maximum absolute atomic E-state index is 12.2. The van der Waals surface area contributed by atoms with Gasteiger partial charge in [-0.15, -0.1) is 0 Å². The molecular weight excluding hydrogens is 266 g/mol. The molecule has 110 valence electrons. The molecule has 0 aliphatic carbocycles. The maximum atomic E-state index is 12.2. The van der Waals surface area contributed by atoms with Gasteiger partial charge in [0.15, 0.2) is 0 Å². The van der Waals surface area contributed by atoms with Gasteiger partial charge in [0.2, 0.25) is 5.91 Å². The minimum Gasteiger partial charge on any atom is -0.323 e. The van der Waals surface area contributed by atoms with Crippen molar-refractivity contribution in [3.63, 3.8) is 0 Å². The molecule has 1 atom stereocenters. The number of nitrogens with zero attached hydrogens (tertiary/aromatic N) is 1. The van der Waals surface area contributed by atoms with Crippen molar-refractivity contribution in [1.82, 2.24) is 4.57 Å². The summed E-state index contributed by atoms with van der Waals surface area (Å²) in [6, 6.07) is 8.25. The summed E-state index contributed by atoms with van der Waals surface area (Å²) in [6.07, 6.45) is 1.59. The van der Waals surface area contributed by atoms with Crippen molar-refractivity contribution in [3.05, 3.63) is 63.6 Å². The third kappa shape index (κ3) is 3.38. The van der Waals surface area contributed by atoms with E-state index in [1.807, 2.05) is 31.2 Å². The molecule has 3 N–H and O–H groups in total. The number of carbonyl (C=O) groups is 1. The Morgan fingerprint density at radius 1 is 1.24 bits per heavy atom. The highest BCUT2D eigenvalue weighted by Gasteiger charge is 2.16. The van der Waals surface area contributed by atoms with Gasteiger partial charge in [-0.25, -0.2) is 0 Å². The lowest BCUT2D eigenvalue weighted by atomic mass is 10.1. The number of rotatable bonds is 3. The molecule has 1 aromatic carbocycles. The first-order chi connectivity index (χ1) is 9.88. The zero-order valence-corrected chi connectivity index (χ0v) is 12.4. The molecule has 1 heterocycles. The summed E-state index contributed by atoms with van der Waals surface area (Å²) < 4.78 is 1.42. The van der Waals surface area contributed by atoms with Crippen LogP contribution in [0.4, 0.5) is 5.69 Å². The molecule has 5 nitrogen and oxygen atoms in total. The minimum absolute atomic E-state index is 0.117. The molecule has 1 aromatic heterocycles. The molecule has 21 heavy (non-hydrogen) atoms. The first-order valence-electron chi connectivity index (χ1n) is 6.69. The number of nitrogens with two attached hydrogens (primary N) is 1. The third-order valence-corrected chi connectivity index (χ3v) is 3.41. The van der Waals surface area contributed by atoms with Crippen molar-refractivity contribution in [1.29, 1.82) is 0 Å². The number of benzene rings is 1. The lowest BCUT2D eigenvalue weighted by molar-refractivity contribution is -0.117. The summed E-state index contributed by atoms with van der Waals surface area (Å²) in [4.78, 5) is 23.7. The van der Waals surface area contributed by atoms with Gasteiger partial charge in [-0.05, 0) is 25.0 Å². The summed E-state index contributed by atoms with van der Waals surface area (Å²) in [5.41, 5.74) is 9.02. The normalized spacial score (nSPS) is 12.0. The van der Waals surface area contributed by atoms with Crippen molar-refractivity contribution in [2.45, 2.75) is 19.9 Å². The molecule has 1 amide bonds. The molecule has 1 unspecified atom stereocenters. The van der Waals surface area contributed by atoms with Crippen LogP contribution >= 0.6 is 0 Å². The average molecular weight is 285 g/mol. The monoisotopic (exact) mass is 285 g/mol. The molecule has 0 aliphatic heterocycles. The number of pyridine rings is 1. The van der Waals surface area contributed by atoms with E-state index in [4.69, 9.17) is 5.73 Å². The van der Waals surface area contributed by atoms with Crippen molar-refractivity contribution >= 4 is 11.6 Å². The summed E-state index contributed by atoms with van der Waals surface area (Å²) in [6.45, 7) is 3.75. The van der Waals surface area contributed by atoms with Gasteiger partial charge in [0.1, 0.15) is 6.04 Å². The largest absolute Gasteiger partial charge is 0.323 e. The number of nitrogens with one attached hydrogen (secondary N) is 1. The van der Waals surface area contributed by atoms with Crippen molar-refractivity contribution in [2.24, 2.45) is 12.8 Å². The van der Waals surface area contributed by atoms with E-state index in [0.29, 0.717) is 11.3 Å². The van der Waals surface area contributed by atoms with Gasteiger partial charge in [-0.2, -0.15) is 0 Å². The Balaban J connectivity index is 2.20. The Hall–Kier alpha value is -2.40. The first-order valence-corrected chi connectivity index (χ1v) is 6.69. The Morgan fingerprint density at radius 2 is 1.86 bits per heavy atom. The Labute approximate surface area is 123 Å². The summed E-state index contributed by atoms with van der Waals surface area (Å²) in [7, 11) is 1.64. The molecule has 0 fully saturated rings. The van der Waals surface area contributed by atoms with Crippen LogP contribution in [0.1, 0.15) is 22.7 Å². The van der Waals surface area contributed by atoms with Crippen molar-refractivity contribution in [2.75, 3.05) is 5.32 Å². The number of hydrogen-bond donors (Lipinski definition) is 2. The van der Waals surface area contributed by atoms with Gasteiger partial charge in [-0.3, -0.25) is 9.59 Å². The van der Waals surface area contributed by atoms with E-state index in [9.17, 15) is 9.59 Å². The van der Waals surface area contributed by atoms with Crippen LogP contribution in [0, 0.1) is 13.8 Å². The minimum atomic E-state index is -0.748. The van der Waals surface area contributed by atoms with Gasteiger partial charge in [0.25, 0.3) is 5.56 Å². The van der Waals surface area contributed by atoms with E-state index < -0.39 is 6.04 Å². The zero-order chi connectivity index (χ0) is 15.6. The van der Waals surface area contributed by atoms with E-state index in [2.05, 4.69) is 5.32 Å². The van der Waals surface area contributed by atoms with Crippen molar-refractivity contribution in [3.8, 4) is 0 Å². The molecular formula is C16H19N3O2. The summed E-state index contributed by atoms with van der Waals surface area (Å²) in [5.74, 6) is -0.305. The van der Waals surface area contributed by atoms with Gasteiger partial charge in [0, 0.05) is 19.3 Å². The predicted molar refractivity (Wildman–Crippen MR) is 83.2 cm³/mol. The maximum Gasteiger partial charge on any atom is 0.250 e. The second-order valence-corrected chi connectivity index (χ2v) is 5.20. The van der Waals surface area contributed by atoms with E-state index in [0.717, 1.165) is 11.1 Å². The van der Waals surface area contributed by atoms with Crippen LogP contribution < -0.4 is 16.6 Å². The number of anilines is 1. The number of hydrogen-bond acceptors (Lipinski definition) is 3. The molecule has 0 radical (unpaired) electrons. The fourth-order valence-electron chi connectivity index (χ4n) is 1.99. The highest BCUT2D eigenvalue weighted by Crippen LogP contribution is 2.16. The zero-order valence-electron chi connectivity index (χ0n) is 12.4. The van der Waals surface area contributed by atoms with Crippen LogP contribution in [-0.2, 0) is 11.8 Å². The standard InChI is InChI=1S/C16H19N3O2/c1-10-4-6-12(7-5-10)15(17)16(21)18-13-9-19(3)14(20)8-11(13)2/h4-9,15H,17H2,1-3H3,(H,18,21). The molecule has 0 aliphatic rings. The Morgan fingerprint density at radius 3 is 2.48 bits per heavy atom. The highest BCUT2D eigenvalue weighted by atomic mass is 16.2. The smallest absolute Gasteiger partial charge is 0.250 e. The summed E-state index contributed by atoms with van der Waals surface area (Å²) in [5, 5.41) is 2.77. The molecule has 0 saturated heterocycles. The van der Waals surface area contributed by atoms with Gasteiger partial charge in [-0.1, -0.05) is 29.8 Å². The second kappa shape index (κ2) is 5.93. The Kier molecular flexibility index (Phi) is 4.23. The number of aromatic nitrogens is 1. The van der Waals surface area contributed by atoms with Crippen LogP contribution in [0.25, 0.3) is 0 Å². The molecule has 0 saturated carbocycles. The van der Waals surface area contributed by atoms with E-state index in [1.165, 1.54) is 10.6 Å². The van der Waals surface area contributed by atoms with Crippen LogP contribution in [-0.4, -0.2) is 10.5 Å². The SMILES string of the molecule is Cc1ccc(C(N)C(=O)Nc2cn(C)c(=O)cc2C)cc1. The molecule has 0 bridgehead atoms. The first kappa shape index (κ1) is 15.0. The van der Waals surface area contributed by atoms with E-state index in [1.54, 1.807) is 20.2 Å². The molecule has 2 rings (SSSR count). The number of carbonyl (C=O) groups excluding carboxylic acids is 1. The molecule has 5 heteroatoms. The lowest BCUT2D eigenvalue weighted by Crippen LogP contribution is -2.29. The van der Waals surface area contributed by atoms with Crippen LogP contribution in [0.2, 0.25) is 0 Å². The second-order valence-electron chi connectivity index (χ2n) is 5.20. The van der Waals surface area contributed by atoms with Gasteiger partial charge >= 0.3 is 0 Å². The summed E-state index contributed by atoms with van der Waals surface area (Å²) >= 11 is 0. The quantitative estimate of drug-likeness (QED) is 0.900. The fraction of sp³-hybridized carbons (Fsp3) is 0.250. The van der Waals surface area contributed by atoms with Crippen molar-refractivity contribution < 1.29 is 4.79 Å². The topological polar surface area (TPSA) is 77.1 Å². The van der Waals surface area contributed by atoms with E-state index >= 15 is 0 Å². The molecule has 0 spiro atoms. The Bertz CT molecular complexity index is 717. The number of aryl methyl sites for hydroxylation is 3. The third-order valence-electron chi connectivity index (χ3n) is 3.41. The number of amides is 1. The van der Waals surface area contributed by atoms with Crippen LogP contribution in [0.15, 0.2) is 41.3 Å². The van der Waals surface area contributed by atoms with Gasteiger partial charge < -0.3 is 15.6 Å². The van der Waals surface area contributed by atoms with E-state index in [-0.39, 0.29) is 11.5 Å². The average Bonchev–Trinajstić information content (AvgIpc) is 2.44. The van der Waals surface area contributed by atoms with Crippen LogP contribution in [0.5, 0.6) is 0 Å². The van der Waals surface area contributed by atoms with Gasteiger partial charge in [0.05, 0.1) is 5.69 Å². The highest BCUT2D eigenvalue weighted by molar-refractivity contribution is 5.95. The molecule has 2 aromatic rings. The van der Waals surface area contributed by atoms with Crippen LogP contribution in [0.3, 0.4) is 0 Å². The lowest BCUT2D eigenvalue weighted by Gasteiger charge is -2.15. The predicted octanol–water partition coefficient (Wildman–Crippen LogP) is 1.64. The fourth-order valence-corrected chi connectivity index (χ4v) is 1.99.